The van der Waals surface area contributed by atoms with Crippen molar-refractivity contribution < 1.29 is 9.53 Å². The van der Waals surface area contributed by atoms with Gasteiger partial charge in [0.05, 0.1) is 6.04 Å². The van der Waals surface area contributed by atoms with Crippen LogP contribution in [0.3, 0.4) is 0 Å². The van der Waals surface area contributed by atoms with Crippen molar-refractivity contribution >= 4 is 17.2 Å². The molecule has 1 amide bonds. The minimum atomic E-state index is -0.207. The molecular formula is C26H27N5O2. The molecule has 1 N–H and O–H groups in total. The van der Waals surface area contributed by atoms with Gasteiger partial charge in [0, 0.05) is 17.8 Å². The predicted molar refractivity (Wildman–Crippen MR) is 128 cm³/mol. The molecule has 168 valence electrons. The largest absolute Gasteiger partial charge is 0.457 e. The van der Waals surface area contributed by atoms with Crippen LogP contribution in [0.1, 0.15) is 31.5 Å². The van der Waals surface area contributed by atoms with E-state index in [9.17, 15) is 4.79 Å². The lowest BCUT2D eigenvalue weighted by Gasteiger charge is -2.34. The van der Waals surface area contributed by atoms with Gasteiger partial charge in [-0.05, 0) is 81.4 Å². The van der Waals surface area contributed by atoms with Gasteiger partial charge in [-0.2, -0.15) is 0 Å². The number of aromatic nitrogens is 3. The number of fused-ring (bicyclic) bond motifs is 1. The fourth-order valence-electron chi connectivity index (χ4n) is 4.33. The Morgan fingerprint density at radius 1 is 0.939 bits per heavy atom. The summed E-state index contributed by atoms with van der Waals surface area (Å²) in [6, 6.07) is 22.8. The van der Waals surface area contributed by atoms with Crippen LogP contribution in [0.25, 0.3) is 5.65 Å². The van der Waals surface area contributed by atoms with Gasteiger partial charge in [-0.25, -0.2) is 0 Å². The quantitative estimate of drug-likeness (QED) is 0.468. The summed E-state index contributed by atoms with van der Waals surface area (Å²) < 4.78 is 7.89. The molecule has 7 heteroatoms. The Kier molecular flexibility index (Phi) is 6.04. The second-order valence-electron chi connectivity index (χ2n) is 8.40. The average Bonchev–Trinajstić information content (AvgIpc) is 3.30. The van der Waals surface area contributed by atoms with E-state index < -0.39 is 0 Å². The van der Waals surface area contributed by atoms with Crippen LogP contribution in [0, 0.1) is 0 Å². The number of carbonyl (C=O) groups excluding carboxylic acids is 1. The molecule has 1 aliphatic heterocycles. The highest BCUT2D eigenvalue weighted by Gasteiger charge is 2.29. The van der Waals surface area contributed by atoms with Gasteiger partial charge in [0.25, 0.3) is 0 Å². The molecule has 5 rings (SSSR count). The van der Waals surface area contributed by atoms with Crippen LogP contribution in [0.4, 0.5) is 5.69 Å². The van der Waals surface area contributed by atoms with Gasteiger partial charge < -0.3 is 10.1 Å². The molecule has 1 fully saturated rings. The van der Waals surface area contributed by atoms with Crippen molar-refractivity contribution in [2.24, 2.45) is 0 Å². The standard InChI is InChI=1S/C26H27N5O2/c1-19(26(32)27-21-10-12-23(13-11-21)33-22-7-3-2-4-8-22)30-17-14-20(15-18-30)25-29-28-24-9-5-6-16-31(24)25/h2-13,16,19-20H,14-15,17-18H2,1H3,(H,27,32). The van der Waals surface area contributed by atoms with Gasteiger partial charge in [0.15, 0.2) is 5.65 Å². The van der Waals surface area contributed by atoms with Gasteiger partial charge in [-0.15, -0.1) is 10.2 Å². The zero-order valence-electron chi connectivity index (χ0n) is 18.6. The molecule has 1 aliphatic rings. The van der Waals surface area contributed by atoms with E-state index in [1.165, 1.54) is 0 Å². The molecule has 0 spiro atoms. The maximum atomic E-state index is 12.9. The number of para-hydroxylation sites is 1. The molecule has 1 atom stereocenters. The van der Waals surface area contributed by atoms with E-state index in [1.807, 2.05) is 85.9 Å². The maximum absolute atomic E-state index is 12.9. The third-order valence-electron chi connectivity index (χ3n) is 6.26. The third kappa shape index (κ3) is 4.73. The Hall–Kier alpha value is -3.71. The van der Waals surface area contributed by atoms with E-state index in [1.54, 1.807) is 0 Å². The van der Waals surface area contributed by atoms with Crippen LogP contribution in [0.2, 0.25) is 0 Å². The van der Waals surface area contributed by atoms with Crippen molar-refractivity contribution in [3.8, 4) is 11.5 Å². The SMILES string of the molecule is CC(C(=O)Nc1ccc(Oc2ccccc2)cc1)N1CCC(c2nnc3ccccn23)CC1. The van der Waals surface area contributed by atoms with Crippen molar-refractivity contribution in [1.29, 1.82) is 0 Å². The van der Waals surface area contributed by atoms with Crippen molar-refractivity contribution in [2.75, 3.05) is 18.4 Å². The lowest BCUT2D eigenvalue weighted by Crippen LogP contribution is -2.45. The summed E-state index contributed by atoms with van der Waals surface area (Å²) in [5, 5.41) is 11.7. The molecule has 1 unspecified atom stereocenters. The highest BCUT2D eigenvalue weighted by molar-refractivity contribution is 5.94. The normalized spacial score (nSPS) is 15.9. The summed E-state index contributed by atoms with van der Waals surface area (Å²) >= 11 is 0. The first-order valence-corrected chi connectivity index (χ1v) is 11.3. The number of nitrogens with one attached hydrogen (secondary N) is 1. The molecule has 0 saturated carbocycles. The van der Waals surface area contributed by atoms with Crippen molar-refractivity contribution in [3.63, 3.8) is 0 Å². The molecule has 2 aromatic carbocycles. The number of likely N-dealkylation sites (tertiary alicyclic amines) is 1. The highest BCUT2D eigenvalue weighted by atomic mass is 16.5. The van der Waals surface area contributed by atoms with Crippen LogP contribution in [-0.4, -0.2) is 44.5 Å². The van der Waals surface area contributed by atoms with Crippen LogP contribution < -0.4 is 10.1 Å². The number of piperidine rings is 1. The molecular weight excluding hydrogens is 414 g/mol. The number of pyridine rings is 1. The van der Waals surface area contributed by atoms with E-state index in [2.05, 4.69) is 24.8 Å². The number of amides is 1. The highest BCUT2D eigenvalue weighted by Crippen LogP contribution is 2.28. The second-order valence-corrected chi connectivity index (χ2v) is 8.40. The number of ether oxygens (including phenoxy) is 1. The van der Waals surface area contributed by atoms with Gasteiger partial charge in [-0.1, -0.05) is 24.3 Å². The van der Waals surface area contributed by atoms with Gasteiger partial charge in [-0.3, -0.25) is 14.1 Å². The number of nitrogens with zero attached hydrogens (tertiary/aromatic N) is 4. The van der Waals surface area contributed by atoms with Crippen LogP contribution in [0.15, 0.2) is 79.0 Å². The second kappa shape index (κ2) is 9.42. The molecule has 7 nitrogen and oxygen atoms in total. The lowest BCUT2D eigenvalue weighted by atomic mass is 9.95. The Morgan fingerprint density at radius 3 is 2.39 bits per heavy atom. The maximum Gasteiger partial charge on any atom is 0.241 e. The summed E-state index contributed by atoms with van der Waals surface area (Å²) in [6.07, 6.45) is 3.93. The number of rotatable bonds is 6. The Labute approximate surface area is 193 Å². The number of anilines is 1. The van der Waals surface area contributed by atoms with E-state index in [-0.39, 0.29) is 11.9 Å². The summed E-state index contributed by atoms with van der Waals surface area (Å²) in [6.45, 7) is 3.67. The van der Waals surface area contributed by atoms with Crippen molar-refractivity contribution in [3.05, 3.63) is 84.8 Å². The summed E-state index contributed by atoms with van der Waals surface area (Å²) in [5.74, 6) is 2.88. The summed E-state index contributed by atoms with van der Waals surface area (Å²) in [5.41, 5.74) is 1.64. The first-order valence-electron chi connectivity index (χ1n) is 11.3. The zero-order valence-corrected chi connectivity index (χ0v) is 18.6. The van der Waals surface area contributed by atoms with Crippen LogP contribution >= 0.6 is 0 Å². The Morgan fingerprint density at radius 2 is 1.64 bits per heavy atom. The predicted octanol–water partition coefficient (Wildman–Crippen LogP) is 4.73. The van der Waals surface area contributed by atoms with E-state index in [0.717, 1.165) is 54.6 Å². The van der Waals surface area contributed by atoms with Crippen molar-refractivity contribution in [2.45, 2.75) is 31.7 Å². The summed E-state index contributed by atoms with van der Waals surface area (Å²) in [4.78, 5) is 15.1. The van der Waals surface area contributed by atoms with E-state index in [4.69, 9.17) is 4.74 Å². The average molecular weight is 442 g/mol. The number of hydrogen-bond acceptors (Lipinski definition) is 5. The minimum absolute atomic E-state index is 0.00175. The van der Waals surface area contributed by atoms with Gasteiger partial charge in [0.1, 0.15) is 17.3 Å². The smallest absolute Gasteiger partial charge is 0.241 e. The number of benzene rings is 2. The molecule has 0 bridgehead atoms. The number of carbonyl (C=O) groups is 1. The first kappa shape index (κ1) is 21.2. The molecule has 1 saturated heterocycles. The molecule has 33 heavy (non-hydrogen) atoms. The Bertz CT molecular complexity index is 1210. The van der Waals surface area contributed by atoms with E-state index in [0.29, 0.717) is 5.92 Å². The molecule has 4 aromatic rings. The van der Waals surface area contributed by atoms with Crippen LogP contribution in [0.5, 0.6) is 11.5 Å². The van der Waals surface area contributed by atoms with E-state index >= 15 is 0 Å². The first-order chi connectivity index (χ1) is 16.2. The lowest BCUT2D eigenvalue weighted by molar-refractivity contribution is -0.121. The molecule has 0 radical (unpaired) electrons. The topological polar surface area (TPSA) is 71.8 Å². The number of hydrogen-bond donors (Lipinski definition) is 1. The monoisotopic (exact) mass is 441 g/mol. The fraction of sp³-hybridized carbons (Fsp3) is 0.269. The molecule has 3 heterocycles. The third-order valence-corrected chi connectivity index (χ3v) is 6.26. The van der Waals surface area contributed by atoms with Crippen LogP contribution in [-0.2, 0) is 4.79 Å². The molecule has 2 aromatic heterocycles. The summed E-state index contributed by atoms with van der Waals surface area (Å²) in [7, 11) is 0. The Balaban J connectivity index is 1.15. The van der Waals surface area contributed by atoms with Gasteiger partial charge >= 0.3 is 0 Å². The van der Waals surface area contributed by atoms with Crippen molar-refractivity contribution in [1.82, 2.24) is 19.5 Å². The fourth-order valence-corrected chi connectivity index (χ4v) is 4.33. The minimum Gasteiger partial charge on any atom is -0.457 e. The zero-order chi connectivity index (χ0) is 22.6. The van der Waals surface area contributed by atoms with Gasteiger partial charge in [0.2, 0.25) is 5.91 Å². The molecule has 0 aliphatic carbocycles.